The highest BCUT2D eigenvalue weighted by Gasteiger charge is 2.48. The van der Waals surface area contributed by atoms with Crippen LogP contribution in [0, 0.1) is 17.0 Å². The molecule has 4 amide bonds. The Hall–Kier alpha value is -3.92. The zero-order valence-electron chi connectivity index (χ0n) is 24.3. The van der Waals surface area contributed by atoms with Crippen molar-refractivity contribution in [2.45, 2.75) is 70.5 Å². The SMILES string of the molecule is CC1(C)CCC(CN2C3CC2CN(c2cc4c(cc2F)C(=O)N(C2CCC(=O)NC2=O)C4=O)C3)=C(c2ccc(F)cc2)C1. The van der Waals surface area contributed by atoms with Crippen LogP contribution in [0.4, 0.5) is 14.5 Å². The van der Waals surface area contributed by atoms with Crippen LogP contribution < -0.4 is 10.2 Å². The maximum atomic E-state index is 15.5. The van der Waals surface area contributed by atoms with Crippen molar-refractivity contribution >= 4 is 34.9 Å². The molecule has 5 heterocycles. The van der Waals surface area contributed by atoms with E-state index in [1.165, 1.54) is 29.3 Å². The summed E-state index contributed by atoms with van der Waals surface area (Å²) in [7, 11) is 0. The van der Waals surface area contributed by atoms with Crippen LogP contribution in [-0.2, 0) is 9.59 Å². The highest BCUT2D eigenvalue weighted by atomic mass is 19.1. The number of nitrogens with zero attached hydrogens (tertiary/aromatic N) is 3. The van der Waals surface area contributed by atoms with Crippen LogP contribution in [0.1, 0.15) is 78.7 Å². The average molecular weight is 589 g/mol. The van der Waals surface area contributed by atoms with Gasteiger partial charge in [0.15, 0.2) is 0 Å². The molecule has 2 bridgehead atoms. The van der Waals surface area contributed by atoms with Crippen molar-refractivity contribution in [1.29, 1.82) is 0 Å². The molecule has 4 fully saturated rings. The van der Waals surface area contributed by atoms with E-state index in [0.29, 0.717) is 13.1 Å². The van der Waals surface area contributed by atoms with E-state index in [0.717, 1.165) is 48.8 Å². The number of anilines is 1. The number of rotatable bonds is 5. The van der Waals surface area contributed by atoms with Crippen molar-refractivity contribution in [2.75, 3.05) is 24.5 Å². The topological polar surface area (TPSA) is 90.0 Å². The van der Waals surface area contributed by atoms with Crippen LogP contribution in [0.2, 0.25) is 0 Å². The minimum Gasteiger partial charge on any atom is -0.366 e. The number of benzene rings is 2. The van der Waals surface area contributed by atoms with E-state index in [1.807, 2.05) is 17.0 Å². The molecular weight excluding hydrogens is 554 g/mol. The molecule has 3 unspecified atom stereocenters. The summed E-state index contributed by atoms with van der Waals surface area (Å²) >= 11 is 0. The van der Waals surface area contributed by atoms with Crippen LogP contribution in [0.15, 0.2) is 42.0 Å². The van der Waals surface area contributed by atoms with Gasteiger partial charge in [-0.1, -0.05) is 31.6 Å². The molecule has 2 aromatic carbocycles. The van der Waals surface area contributed by atoms with Gasteiger partial charge in [-0.2, -0.15) is 0 Å². The third-order valence-electron chi connectivity index (χ3n) is 9.94. The molecule has 0 radical (unpaired) electrons. The summed E-state index contributed by atoms with van der Waals surface area (Å²) in [4.78, 5) is 55.6. The molecule has 224 valence electrons. The molecule has 8 rings (SSSR count). The standard InChI is InChI=1S/C33H34F2N4O4/c1-33(2)10-9-19(25(14-33)18-3-5-20(34)6-4-18)15-38-21-11-22(38)17-37(16-21)28-13-24-23(12-26(28)35)31(42)39(32(24)43)27-7-8-29(40)36-30(27)41/h3-6,12-13,21-22,27H,7-11,14-17H2,1-2H3,(H,36,40,41). The van der Waals surface area contributed by atoms with Crippen molar-refractivity contribution in [1.82, 2.24) is 15.1 Å². The molecule has 2 aromatic rings. The lowest BCUT2D eigenvalue weighted by atomic mass is 9.72. The van der Waals surface area contributed by atoms with Crippen molar-refractivity contribution in [3.63, 3.8) is 0 Å². The molecule has 3 atom stereocenters. The number of hydrogen-bond acceptors (Lipinski definition) is 6. The van der Waals surface area contributed by atoms with Crippen molar-refractivity contribution in [2.24, 2.45) is 5.41 Å². The molecule has 6 aliphatic rings. The molecule has 5 aliphatic heterocycles. The summed E-state index contributed by atoms with van der Waals surface area (Å²) in [6.45, 7) is 6.56. The zero-order valence-corrected chi connectivity index (χ0v) is 24.3. The number of nitrogens with one attached hydrogen (secondary N) is 1. The van der Waals surface area contributed by atoms with E-state index < -0.39 is 35.5 Å². The van der Waals surface area contributed by atoms with E-state index >= 15 is 4.39 Å². The molecule has 43 heavy (non-hydrogen) atoms. The van der Waals surface area contributed by atoms with Gasteiger partial charge < -0.3 is 4.90 Å². The van der Waals surface area contributed by atoms with E-state index in [-0.39, 0.29) is 53.0 Å². The van der Waals surface area contributed by atoms with Gasteiger partial charge in [-0.3, -0.25) is 34.3 Å². The molecule has 1 N–H and O–H groups in total. The Labute approximate surface area is 248 Å². The molecule has 10 heteroatoms. The first-order chi connectivity index (χ1) is 20.5. The summed E-state index contributed by atoms with van der Waals surface area (Å²) in [5.41, 5.74) is 4.24. The van der Waals surface area contributed by atoms with E-state index in [4.69, 9.17) is 0 Å². The second-order valence-corrected chi connectivity index (χ2v) is 13.3. The molecule has 0 aromatic heterocycles. The van der Waals surface area contributed by atoms with Gasteiger partial charge in [0, 0.05) is 38.1 Å². The Morgan fingerprint density at radius 1 is 0.930 bits per heavy atom. The molecule has 8 nitrogen and oxygen atoms in total. The van der Waals surface area contributed by atoms with Crippen molar-refractivity contribution in [3.05, 3.63) is 70.3 Å². The summed E-state index contributed by atoms with van der Waals surface area (Å²) in [5, 5.41) is 2.18. The Balaban J connectivity index is 1.09. The van der Waals surface area contributed by atoms with Gasteiger partial charge in [0.05, 0.1) is 16.8 Å². The van der Waals surface area contributed by atoms with Gasteiger partial charge in [0.25, 0.3) is 11.8 Å². The Bertz CT molecular complexity index is 1590. The largest absolute Gasteiger partial charge is 0.366 e. The average Bonchev–Trinajstić information content (AvgIpc) is 3.20. The minimum atomic E-state index is -1.09. The monoisotopic (exact) mass is 588 g/mol. The van der Waals surface area contributed by atoms with E-state index in [2.05, 4.69) is 24.1 Å². The molecule has 4 saturated heterocycles. The summed E-state index contributed by atoms with van der Waals surface area (Å²) in [6, 6.07) is 8.69. The number of carbonyl (C=O) groups is 4. The van der Waals surface area contributed by atoms with Gasteiger partial charge >= 0.3 is 0 Å². The summed E-state index contributed by atoms with van der Waals surface area (Å²) in [5.74, 6) is -3.31. The molecule has 0 spiro atoms. The maximum absolute atomic E-state index is 15.5. The van der Waals surface area contributed by atoms with E-state index in [9.17, 15) is 23.6 Å². The number of amides is 4. The second kappa shape index (κ2) is 10.1. The fourth-order valence-corrected chi connectivity index (χ4v) is 7.55. The van der Waals surface area contributed by atoms with Crippen LogP contribution in [0.5, 0.6) is 0 Å². The number of piperazine rings is 1. The predicted octanol–water partition coefficient (Wildman–Crippen LogP) is 4.29. The second-order valence-electron chi connectivity index (χ2n) is 13.3. The number of carbonyl (C=O) groups excluding carboxylic acids is 4. The van der Waals surface area contributed by atoms with Crippen molar-refractivity contribution < 1.29 is 28.0 Å². The maximum Gasteiger partial charge on any atom is 0.262 e. The van der Waals surface area contributed by atoms with Crippen molar-refractivity contribution in [3.8, 4) is 0 Å². The summed E-state index contributed by atoms with van der Waals surface area (Å²) < 4.78 is 29.1. The zero-order chi connectivity index (χ0) is 30.2. The number of piperidine rings is 2. The van der Waals surface area contributed by atoms with Gasteiger partial charge in [0.2, 0.25) is 11.8 Å². The third kappa shape index (κ3) is 4.76. The van der Waals surface area contributed by atoms with Crippen LogP contribution in [-0.4, -0.2) is 71.2 Å². The minimum absolute atomic E-state index is 0.0243. The fraction of sp³-hybridized carbons (Fsp3) is 0.455. The molecule has 1 aliphatic carbocycles. The number of halogens is 2. The number of imide groups is 2. The lowest BCUT2D eigenvalue weighted by Gasteiger charge is -2.57. The lowest BCUT2D eigenvalue weighted by Crippen LogP contribution is -2.69. The summed E-state index contributed by atoms with van der Waals surface area (Å²) in [6.07, 6.45) is 4.09. The van der Waals surface area contributed by atoms with Gasteiger partial charge in [-0.05, 0) is 72.9 Å². The highest BCUT2D eigenvalue weighted by molar-refractivity contribution is 6.23. The van der Waals surface area contributed by atoms with Crippen LogP contribution in [0.3, 0.4) is 0 Å². The first-order valence-corrected chi connectivity index (χ1v) is 15.0. The first kappa shape index (κ1) is 27.9. The predicted molar refractivity (Wildman–Crippen MR) is 155 cm³/mol. The normalized spacial score (nSPS) is 26.9. The van der Waals surface area contributed by atoms with E-state index in [1.54, 1.807) is 0 Å². The fourth-order valence-electron chi connectivity index (χ4n) is 7.55. The Kier molecular flexibility index (Phi) is 6.54. The third-order valence-corrected chi connectivity index (χ3v) is 9.94. The Morgan fingerprint density at radius 3 is 2.28 bits per heavy atom. The Morgan fingerprint density at radius 2 is 1.60 bits per heavy atom. The highest BCUT2D eigenvalue weighted by Crippen LogP contribution is 2.45. The quantitative estimate of drug-likeness (QED) is 0.525. The van der Waals surface area contributed by atoms with Crippen LogP contribution in [0.25, 0.3) is 5.57 Å². The van der Waals surface area contributed by atoms with Gasteiger partial charge in [-0.15, -0.1) is 0 Å². The number of fused-ring (bicyclic) bond motifs is 3. The first-order valence-electron chi connectivity index (χ1n) is 15.0. The number of allylic oxidation sites excluding steroid dienone is 1. The van der Waals surface area contributed by atoms with Crippen LogP contribution >= 0.6 is 0 Å². The van der Waals surface area contributed by atoms with Gasteiger partial charge in [0.1, 0.15) is 17.7 Å². The molecule has 0 saturated carbocycles. The van der Waals surface area contributed by atoms with Gasteiger partial charge in [-0.25, -0.2) is 8.78 Å². The molecular formula is C33H34F2N4O4. The number of hydrogen-bond donors (Lipinski definition) is 1. The smallest absolute Gasteiger partial charge is 0.262 e. The lowest BCUT2D eigenvalue weighted by molar-refractivity contribution is -0.136.